The van der Waals surface area contributed by atoms with Crippen LogP contribution in [0.15, 0.2) is 78.9 Å². The zero-order valence-corrected chi connectivity index (χ0v) is 19.7. The number of nitrogens with two attached hydrogens (primary N) is 1. The summed E-state index contributed by atoms with van der Waals surface area (Å²) < 4.78 is 5.78. The fraction of sp³-hybridized carbons (Fsp3) is 0.276. The fourth-order valence-corrected chi connectivity index (χ4v) is 5.71. The summed E-state index contributed by atoms with van der Waals surface area (Å²) in [7, 11) is 0. The van der Waals surface area contributed by atoms with Crippen LogP contribution in [0.5, 0.6) is 11.5 Å². The van der Waals surface area contributed by atoms with Gasteiger partial charge in [-0.15, -0.1) is 0 Å². The summed E-state index contributed by atoms with van der Waals surface area (Å²) in [5.74, 6) is -2.53. The number of carboxylic acids is 1. The standard InChI is InChI=1S/C29H28N2O5/c30-29(28(34)35,26-21-12-4-5-14-23(21)31-24-15-7-13-22(24)26)17-25(32)27(33)18-8-6-11-20(16-18)36-19-9-2-1-3-10-19/h1-6,8-12,14,16,22,24,26,31H,7,13,15,17,30H2,(H,34,35)/t22-,24+,26?,29?/m0/s1. The van der Waals surface area contributed by atoms with Gasteiger partial charge in [0.05, 0.1) is 0 Å². The molecule has 184 valence electrons. The summed E-state index contributed by atoms with van der Waals surface area (Å²) in [4.78, 5) is 39.0. The lowest BCUT2D eigenvalue weighted by Crippen LogP contribution is -2.59. The smallest absolute Gasteiger partial charge is 0.324 e. The molecular weight excluding hydrogens is 456 g/mol. The van der Waals surface area contributed by atoms with Crippen LogP contribution in [0.2, 0.25) is 0 Å². The molecule has 1 saturated carbocycles. The third kappa shape index (κ3) is 4.38. The van der Waals surface area contributed by atoms with Crippen LogP contribution in [0.25, 0.3) is 0 Å². The number of hydrogen-bond donors (Lipinski definition) is 3. The number of fused-ring (bicyclic) bond motifs is 2. The van der Waals surface area contributed by atoms with Crippen molar-refractivity contribution in [3.8, 4) is 11.5 Å². The topological polar surface area (TPSA) is 119 Å². The molecule has 7 heteroatoms. The van der Waals surface area contributed by atoms with E-state index in [1.54, 1.807) is 24.3 Å². The van der Waals surface area contributed by atoms with Gasteiger partial charge < -0.3 is 20.9 Å². The van der Waals surface area contributed by atoms with Gasteiger partial charge in [0, 0.05) is 29.6 Å². The zero-order chi connectivity index (χ0) is 25.3. The molecule has 1 heterocycles. The molecule has 0 aromatic heterocycles. The van der Waals surface area contributed by atoms with Crippen LogP contribution in [0.4, 0.5) is 5.69 Å². The Balaban J connectivity index is 1.42. The number of rotatable bonds is 8. The largest absolute Gasteiger partial charge is 0.480 e. The molecule has 0 spiro atoms. The number of nitrogens with one attached hydrogen (secondary N) is 1. The Bertz CT molecular complexity index is 1310. The Kier molecular flexibility index (Phi) is 6.33. The molecule has 0 radical (unpaired) electrons. The fourth-order valence-electron chi connectivity index (χ4n) is 5.71. The van der Waals surface area contributed by atoms with Gasteiger partial charge in [0.1, 0.15) is 17.0 Å². The number of anilines is 1. The summed E-state index contributed by atoms with van der Waals surface area (Å²) in [6.07, 6.45) is 2.08. The minimum absolute atomic E-state index is 0.0356. The number of benzene rings is 3. The van der Waals surface area contributed by atoms with Crippen molar-refractivity contribution in [1.82, 2.24) is 0 Å². The second-order valence-corrected chi connectivity index (χ2v) is 9.63. The Morgan fingerprint density at radius 1 is 0.944 bits per heavy atom. The molecule has 3 aromatic carbocycles. The van der Waals surface area contributed by atoms with Gasteiger partial charge in [-0.25, -0.2) is 0 Å². The first-order valence-corrected chi connectivity index (χ1v) is 12.1. The SMILES string of the molecule is NC(CC(=O)C(=O)c1cccc(Oc2ccccc2)c1)(C(=O)O)C1c2ccccc2N[C@@H]2CCC[C@H]12. The molecule has 2 aliphatic rings. The lowest BCUT2D eigenvalue weighted by atomic mass is 9.66. The predicted molar refractivity (Wildman–Crippen MR) is 135 cm³/mol. The van der Waals surface area contributed by atoms with Crippen molar-refractivity contribution in [3.63, 3.8) is 0 Å². The molecule has 1 aliphatic carbocycles. The van der Waals surface area contributed by atoms with E-state index in [1.165, 1.54) is 12.1 Å². The van der Waals surface area contributed by atoms with Gasteiger partial charge in [-0.1, -0.05) is 55.0 Å². The second kappa shape index (κ2) is 9.59. The first-order chi connectivity index (χ1) is 17.4. The first kappa shape index (κ1) is 23.8. The molecule has 1 aliphatic heterocycles. The molecule has 4 N–H and O–H groups in total. The van der Waals surface area contributed by atoms with E-state index >= 15 is 0 Å². The van der Waals surface area contributed by atoms with Crippen LogP contribution < -0.4 is 15.8 Å². The number of carbonyl (C=O) groups excluding carboxylic acids is 2. The van der Waals surface area contributed by atoms with Gasteiger partial charge in [-0.3, -0.25) is 14.4 Å². The molecule has 2 unspecified atom stereocenters. The molecule has 0 saturated heterocycles. The number of para-hydroxylation sites is 2. The maximum absolute atomic E-state index is 13.2. The number of hydrogen-bond acceptors (Lipinski definition) is 6. The summed E-state index contributed by atoms with van der Waals surface area (Å²) in [5.41, 5.74) is 6.44. The highest BCUT2D eigenvalue weighted by Crippen LogP contribution is 2.50. The van der Waals surface area contributed by atoms with Crippen LogP contribution in [0.1, 0.15) is 47.5 Å². The van der Waals surface area contributed by atoms with Crippen molar-refractivity contribution in [1.29, 1.82) is 0 Å². The van der Waals surface area contributed by atoms with Crippen LogP contribution >= 0.6 is 0 Å². The Morgan fingerprint density at radius 3 is 2.44 bits per heavy atom. The van der Waals surface area contributed by atoms with Gasteiger partial charge in [-0.05, 0) is 54.7 Å². The van der Waals surface area contributed by atoms with Crippen LogP contribution in [-0.2, 0) is 9.59 Å². The maximum Gasteiger partial charge on any atom is 0.324 e. The van der Waals surface area contributed by atoms with E-state index in [-0.39, 0.29) is 17.5 Å². The second-order valence-electron chi connectivity index (χ2n) is 9.63. The van der Waals surface area contributed by atoms with Gasteiger partial charge in [0.15, 0.2) is 0 Å². The summed E-state index contributed by atoms with van der Waals surface area (Å²) in [5, 5.41) is 13.8. The summed E-state index contributed by atoms with van der Waals surface area (Å²) >= 11 is 0. The van der Waals surface area contributed by atoms with Crippen LogP contribution in [0.3, 0.4) is 0 Å². The highest BCUT2D eigenvalue weighted by molar-refractivity contribution is 6.44. The van der Waals surface area contributed by atoms with Crippen LogP contribution in [-0.4, -0.2) is 34.2 Å². The van der Waals surface area contributed by atoms with Gasteiger partial charge in [0.25, 0.3) is 0 Å². The number of ketones is 2. The monoisotopic (exact) mass is 484 g/mol. The van der Waals surface area contributed by atoms with Crippen molar-refractivity contribution in [3.05, 3.63) is 90.0 Å². The third-order valence-corrected chi connectivity index (χ3v) is 7.37. The molecule has 1 fully saturated rings. The minimum atomic E-state index is -1.92. The lowest BCUT2D eigenvalue weighted by Gasteiger charge is -2.44. The molecule has 5 rings (SSSR count). The van der Waals surface area contributed by atoms with Crippen molar-refractivity contribution < 1.29 is 24.2 Å². The van der Waals surface area contributed by atoms with E-state index in [2.05, 4.69) is 5.32 Å². The van der Waals surface area contributed by atoms with E-state index in [0.29, 0.717) is 11.5 Å². The molecular formula is C29H28N2O5. The van der Waals surface area contributed by atoms with E-state index in [0.717, 1.165) is 30.5 Å². The summed E-state index contributed by atoms with van der Waals surface area (Å²) in [6.45, 7) is 0. The van der Waals surface area contributed by atoms with E-state index in [1.807, 2.05) is 42.5 Å². The average Bonchev–Trinajstić information content (AvgIpc) is 3.35. The number of carbonyl (C=O) groups is 3. The van der Waals surface area contributed by atoms with Crippen molar-refractivity contribution in [2.45, 2.75) is 43.2 Å². The lowest BCUT2D eigenvalue weighted by molar-refractivity contribution is -0.146. The highest BCUT2D eigenvalue weighted by atomic mass is 16.5. The van der Waals surface area contributed by atoms with Crippen molar-refractivity contribution in [2.24, 2.45) is 11.7 Å². The molecule has 7 nitrogen and oxygen atoms in total. The van der Waals surface area contributed by atoms with Crippen LogP contribution in [0, 0.1) is 5.92 Å². The Morgan fingerprint density at radius 2 is 1.67 bits per heavy atom. The molecule has 0 bridgehead atoms. The number of ether oxygens (including phenoxy) is 1. The Labute approximate surface area is 209 Å². The van der Waals surface area contributed by atoms with Crippen molar-refractivity contribution >= 4 is 23.2 Å². The highest BCUT2D eigenvalue weighted by Gasteiger charge is 2.53. The predicted octanol–water partition coefficient (Wildman–Crippen LogP) is 4.78. The van der Waals surface area contributed by atoms with E-state index in [9.17, 15) is 19.5 Å². The molecule has 0 amide bonds. The maximum atomic E-state index is 13.2. The quantitative estimate of drug-likeness (QED) is 0.311. The normalized spacial score (nSPS) is 21.9. The molecule has 4 atom stereocenters. The van der Waals surface area contributed by atoms with Crippen molar-refractivity contribution in [2.75, 3.05) is 5.32 Å². The number of aliphatic carboxylic acids is 1. The number of Topliss-reactive ketones (excluding diaryl/α,β-unsaturated/α-hetero) is 2. The summed E-state index contributed by atoms with van der Waals surface area (Å²) in [6, 6.07) is 23.0. The minimum Gasteiger partial charge on any atom is -0.480 e. The van der Waals surface area contributed by atoms with Gasteiger partial charge in [0.2, 0.25) is 11.6 Å². The molecule has 36 heavy (non-hydrogen) atoms. The van der Waals surface area contributed by atoms with Gasteiger partial charge in [-0.2, -0.15) is 0 Å². The first-order valence-electron chi connectivity index (χ1n) is 12.1. The number of carboxylic acid groups (broad SMARTS) is 1. The van der Waals surface area contributed by atoms with E-state index in [4.69, 9.17) is 10.5 Å². The Hall–Kier alpha value is -3.97. The van der Waals surface area contributed by atoms with Gasteiger partial charge >= 0.3 is 5.97 Å². The third-order valence-electron chi connectivity index (χ3n) is 7.37. The average molecular weight is 485 g/mol. The van der Waals surface area contributed by atoms with E-state index < -0.39 is 35.4 Å². The zero-order valence-electron chi connectivity index (χ0n) is 19.7. The molecule has 3 aromatic rings.